The highest BCUT2D eigenvalue weighted by Crippen LogP contribution is 2.26. The van der Waals surface area contributed by atoms with Gasteiger partial charge in [0.2, 0.25) is 0 Å². The van der Waals surface area contributed by atoms with Gasteiger partial charge in [0.05, 0.1) is 18.8 Å². The molecule has 4 aromatic rings. The van der Waals surface area contributed by atoms with Gasteiger partial charge in [-0.2, -0.15) is 5.26 Å². The Kier molecular flexibility index (Phi) is 5.09. The van der Waals surface area contributed by atoms with Gasteiger partial charge in [0.25, 0.3) is 0 Å². The molecule has 140 valence electrons. The van der Waals surface area contributed by atoms with Crippen LogP contribution in [-0.2, 0) is 7.05 Å². The van der Waals surface area contributed by atoms with E-state index >= 15 is 0 Å². The summed E-state index contributed by atoms with van der Waals surface area (Å²) in [5.41, 5.74) is 4.84. The average Bonchev–Trinajstić information content (AvgIpc) is 2.77. The standard InChI is InChI=1S/C26H21N2O/c1-28-13-11-22(12-14-28)20-5-7-21(8-6-20)25(18-27)16-19-3-4-24-17-26(29-2)10-9-23(24)15-19/h3-17H,1-2H3/q+1/b25-16+. The number of ether oxygens (including phenoxy) is 1. The molecular formula is C26H21N2O+. The van der Waals surface area contributed by atoms with Crippen molar-refractivity contribution < 1.29 is 9.30 Å². The second-order valence-electron chi connectivity index (χ2n) is 6.97. The number of hydrogen-bond donors (Lipinski definition) is 0. The molecule has 0 radical (unpaired) electrons. The van der Waals surface area contributed by atoms with Crippen LogP contribution in [0.5, 0.6) is 5.75 Å². The van der Waals surface area contributed by atoms with Gasteiger partial charge in [0.1, 0.15) is 12.8 Å². The number of nitriles is 1. The van der Waals surface area contributed by atoms with E-state index in [0.29, 0.717) is 5.57 Å². The minimum absolute atomic E-state index is 0.642. The Morgan fingerprint density at radius 1 is 0.862 bits per heavy atom. The fourth-order valence-corrected chi connectivity index (χ4v) is 3.34. The summed E-state index contributed by atoms with van der Waals surface area (Å²) in [6.45, 7) is 0. The van der Waals surface area contributed by atoms with Crippen LogP contribution < -0.4 is 9.30 Å². The zero-order valence-corrected chi connectivity index (χ0v) is 16.5. The van der Waals surface area contributed by atoms with Gasteiger partial charge in [-0.05, 0) is 57.3 Å². The number of pyridine rings is 1. The molecule has 3 nitrogen and oxygen atoms in total. The van der Waals surface area contributed by atoms with Gasteiger partial charge in [0, 0.05) is 12.1 Å². The van der Waals surface area contributed by atoms with Gasteiger partial charge in [-0.3, -0.25) is 0 Å². The number of benzene rings is 3. The molecule has 0 unspecified atom stereocenters. The highest BCUT2D eigenvalue weighted by Gasteiger charge is 2.05. The second-order valence-corrected chi connectivity index (χ2v) is 6.97. The first kappa shape index (κ1) is 18.5. The summed E-state index contributed by atoms with van der Waals surface area (Å²) in [7, 11) is 3.67. The van der Waals surface area contributed by atoms with Crippen molar-refractivity contribution in [2.75, 3.05) is 7.11 Å². The van der Waals surface area contributed by atoms with E-state index in [1.165, 1.54) is 0 Å². The Hall–Kier alpha value is -3.90. The SMILES string of the molecule is COc1ccc2cc(/C=C(\C#N)c3ccc(-c4cc[n+](C)cc4)cc3)ccc2c1. The molecule has 1 heterocycles. The summed E-state index contributed by atoms with van der Waals surface area (Å²) in [4.78, 5) is 0. The van der Waals surface area contributed by atoms with Crippen LogP contribution in [0.3, 0.4) is 0 Å². The summed E-state index contributed by atoms with van der Waals surface area (Å²) < 4.78 is 7.29. The zero-order valence-electron chi connectivity index (χ0n) is 16.5. The Labute approximate surface area is 170 Å². The molecule has 0 bridgehead atoms. The Morgan fingerprint density at radius 3 is 2.21 bits per heavy atom. The van der Waals surface area contributed by atoms with Gasteiger partial charge in [-0.15, -0.1) is 0 Å². The first-order valence-corrected chi connectivity index (χ1v) is 9.42. The molecule has 0 aliphatic heterocycles. The molecule has 0 spiro atoms. The van der Waals surface area contributed by atoms with Crippen LogP contribution in [0.2, 0.25) is 0 Å². The fourth-order valence-electron chi connectivity index (χ4n) is 3.34. The van der Waals surface area contributed by atoms with Gasteiger partial charge in [-0.25, -0.2) is 4.57 Å². The Morgan fingerprint density at radius 2 is 1.52 bits per heavy atom. The van der Waals surface area contributed by atoms with E-state index in [2.05, 4.69) is 42.5 Å². The molecule has 0 fully saturated rings. The van der Waals surface area contributed by atoms with E-state index in [1.54, 1.807) is 7.11 Å². The second kappa shape index (κ2) is 8.00. The van der Waals surface area contributed by atoms with Gasteiger partial charge in [0.15, 0.2) is 12.4 Å². The van der Waals surface area contributed by atoms with Crippen molar-refractivity contribution in [3.05, 3.63) is 96.3 Å². The molecule has 0 saturated carbocycles. The third-order valence-electron chi connectivity index (χ3n) is 5.01. The lowest BCUT2D eigenvalue weighted by atomic mass is 9.99. The zero-order chi connectivity index (χ0) is 20.2. The summed E-state index contributed by atoms with van der Waals surface area (Å²) in [6, 6.07) is 26.8. The predicted octanol–water partition coefficient (Wildman–Crippen LogP) is 5.40. The lowest BCUT2D eigenvalue weighted by Crippen LogP contribution is -2.25. The van der Waals surface area contributed by atoms with E-state index in [1.807, 2.05) is 66.5 Å². The van der Waals surface area contributed by atoms with E-state index < -0.39 is 0 Å². The van der Waals surface area contributed by atoms with Gasteiger partial charge >= 0.3 is 0 Å². The molecule has 1 aromatic heterocycles. The number of aryl methyl sites for hydroxylation is 1. The third kappa shape index (κ3) is 4.02. The van der Waals surface area contributed by atoms with Crippen LogP contribution in [-0.4, -0.2) is 7.11 Å². The number of rotatable bonds is 4. The minimum atomic E-state index is 0.642. The first-order chi connectivity index (χ1) is 14.2. The summed E-state index contributed by atoms with van der Waals surface area (Å²) in [5, 5.41) is 11.9. The molecule has 4 rings (SSSR count). The Bertz CT molecular complexity index is 1230. The molecule has 3 heteroatoms. The fraction of sp³-hybridized carbons (Fsp3) is 0.0769. The molecule has 3 aromatic carbocycles. The molecular weight excluding hydrogens is 356 g/mol. The molecule has 29 heavy (non-hydrogen) atoms. The molecule has 0 aliphatic carbocycles. The van der Waals surface area contributed by atoms with Crippen molar-refractivity contribution >= 4 is 22.4 Å². The molecule has 0 amide bonds. The third-order valence-corrected chi connectivity index (χ3v) is 5.01. The van der Waals surface area contributed by atoms with Crippen molar-refractivity contribution in [3.63, 3.8) is 0 Å². The number of hydrogen-bond acceptors (Lipinski definition) is 2. The number of allylic oxidation sites excluding steroid dienone is 1. The summed E-state index contributed by atoms with van der Waals surface area (Å²) in [5.74, 6) is 0.839. The van der Waals surface area contributed by atoms with Gasteiger partial charge < -0.3 is 4.74 Å². The first-order valence-electron chi connectivity index (χ1n) is 9.42. The number of fused-ring (bicyclic) bond motifs is 1. The maximum atomic E-state index is 9.70. The lowest BCUT2D eigenvalue weighted by Gasteiger charge is -2.05. The largest absolute Gasteiger partial charge is 0.497 e. The molecule has 0 N–H and O–H groups in total. The molecule has 0 atom stereocenters. The summed E-state index contributed by atoms with van der Waals surface area (Å²) in [6.07, 6.45) is 5.99. The van der Waals surface area contributed by atoms with Crippen LogP contribution in [0.1, 0.15) is 11.1 Å². The predicted molar refractivity (Wildman–Crippen MR) is 117 cm³/mol. The van der Waals surface area contributed by atoms with Crippen molar-refractivity contribution in [1.82, 2.24) is 0 Å². The lowest BCUT2D eigenvalue weighted by molar-refractivity contribution is -0.671. The van der Waals surface area contributed by atoms with Crippen LogP contribution >= 0.6 is 0 Å². The topological polar surface area (TPSA) is 36.9 Å². The number of aromatic nitrogens is 1. The van der Waals surface area contributed by atoms with E-state index in [-0.39, 0.29) is 0 Å². The van der Waals surface area contributed by atoms with Crippen molar-refractivity contribution in [3.8, 4) is 22.9 Å². The smallest absolute Gasteiger partial charge is 0.169 e. The minimum Gasteiger partial charge on any atom is -0.497 e. The van der Waals surface area contributed by atoms with Crippen LogP contribution in [0.15, 0.2) is 85.2 Å². The van der Waals surface area contributed by atoms with Crippen LogP contribution in [0.25, 0.3) is 33.5 Å². The number of nitrogens with zero attached hydrogens (tertiary/aromatic N) is 2. The summed E-state index contributed by atoms with van der Waals surface area (Å²) >= 11 is 0. The van der Waals surface area contributed by atoms with E-state index in [4.69, 9.17) is 4.74 Å². The Balaban J connectivity index is 1.64. The van der Waals surface area contributed by atoms with E-state index in [9.17, 15) is 5.26 Å². The van der Waals surface area contributed by atoms with Crippen LogP contribution in [0.4, 0.5) is 0 Å². The van der Waals surface area contributed by atoms with Crippen LogP contribution in [0, 0.1) is 11.3 Å². The monoisotopic (exact) mass is 377 g/mol. The molecule has 0 aliphatic rings. The quantitative estimate of drug-likeness (QED) is 0.271. The van der Waals surface area contributed by atoms with Gasteiger partial charge in [-0.1, -0.05) is 42.5 Å². The highest BCUT2D eigenvalue weighted by atomic mass is 16.5. The average molecular weight is 377 g/mol. The maximum Gasteiger partial charge on any atom is 0.169 e. The normalized spacial score (nSPS) is 11.3. The van der Waals surface area contributed by atoms with E-state index in [0.717, 1.165) is 38.8 Å². The number of methoxy groups -OCH3 is 1. The highest BCUT2D eigenvalue weighted by molar-refractivity contribution is 5.93. The maximum absolute atomic E-state index is 9.70. The van der Waals surface area contributed by atoms with Crippen molar-refractivity contribution in [2.45, 2.75) is 0 Å². The van der Waals surface area contributed by atoms with Crippen molar-refractivity contribution in [1.29, 1.82) is 5.26 Å². The molecule has 0 saturated heterocycles. The van der Waals surface area contributed by atoms with Crippen molar-refractivity contribution in [2.24, 2.45) is 7.05 Å².